The molecule has 1 atom stereocenters. The molecule has 1 N–H and O–H groups in total. The van der Waals surface area contributed by atoms with Crippen LogP contribution in [0, 0.1) is 5.92 Å². The Labute approximate surface area is 90.4 Å². The Morgan fingerprint density at radius 2 is 1.87 bits per heavy atom. The van der Waals surface area contributed by atoms with Crippen molar-refractivity contribution in [3.8, 4) is 0 Å². The van der Waals surface area contributed by atoms with Gasteiger partial charge in [0.2, 0.25) is 0 Å². The van der Waals surface area contributed by atoms with Gasteiger partial charge in [0, 0.05) is 17.8 Å². The van der Waals surface area contributed by atoms with Crippen molar-refractivity contribution in [2.45, 2.75) is 19.8 Å². The van der Waals surface area contributed by atoms with Crippen molar-refractivity contribution >= 4 is 0 Å². The normalized spacial score (nSPS) is 13.0. The number of nitrogens with zero attached hydrogens (tertiary/aromatic N) is 1. The quantitative estimate of drug-likeness (QED) is 0.809. The molecule has 1 heterocycles. The minimum atomic E-state index is 0.411. The number of imidazole rings is 1. The summed E-state index contributed by atoms with van der Waals surface area (Å²) in [5.41, 5.74) is 2.54. The zero-order valence-electron chi connectivity index (χ0n) is 9.14. The summed E-state index contributed by atoms with van der Waals surface area (Å²) in [6.45, 7) is 4.47. The Bertz CT molecular complexity index is 390. The fourth-order valence-electron chi connectivity index (χ4n) is 2.02. The van der Waals surface area contributed by atoms with E-state index in [1.807, 2.05) is 12.3 Å². The summed E-state index contributed by atoms with van der Waals surface area (Å²) in [5.74, 6) is 0.974. The van der Waals surface area contributed by atoms with Crippen LogP contribution in [0.3, 0.4) is 0 Å². The third-order valence-corrected chi connectivity index (χ3v) is 2.68. The van der Waals surface area contributed by atoms with Crippen LogP contribution in [0.25, 0.3) is 0 Å². The number of rotatable bonds is 3. The van der Waals surface area contributed by atoms with Gasteiger partial charge in [-0.15, -0.1) is 0 Å². The fraction of sp³-hybridized carbons (Fsp3) is 0.308. The number of aromatic amines is 1. The Hall–Kier alpha value is -1.57. The molecule has 0 radical (unpaired) electrons. The molecular weight excluding hydrogens is 184 g/mol. The van der Waals surface area contributed by atoms with Gasteiger partial charge in [0.25, 0.3) is 0 Å². The Balaban J connectivity index is 2.37. The van der Waals surface area contributed by atoms with Crippen molar-refractivity contribution < 1.29 is 0 Å². The highest BCUT2D eigenvalue weighted by Gasteiger charge is 2.18. The van der Waals surface area contributed by atoms with Gasteiger partial charge in [-0.2, -0.15) is 0 Å². The van der Waals surface area contributed by atoms with Gasteiger partial charge in [-0.3, -0.25) is 0 Å². The minimum absolute atomic E-state index is 0.411. The first-order chi connectivity index (χ1) is 7.29. The van der Waals surface area contributed by atoms with Gasteiger partial charge in [-0.25, -0.2) is 4.98 Å². The van der Waals surface area contributed by atoms with Crippen molar-refractivity contribution in [1.29, 1.82) is 0 Å². The molecule has 0 bridgehead atoms. The van der Waals surface area contributed by atoms with Crippen LogP contribution in [0.15, 0.2) is 42.9 Å². The molecule has 0 aliphatic heterocycles. The van der Waals surface area contributed by atoms with Crippen LogP contribution < -0.4 is 0 Å². The summed E-state index contributed by atoms with van der Waals surface area (Å²) in [5, 5.41) is 0. The van der Waals surface area contributed by atoms with Crippen LogP contribution in [-0.2, 0) is 0 Å². The van der Waals surface area contributed by atoms with E-state index in [2.05, 4.69) is 48.1 Å². The molecule has 0 aliphatic rings. The van der Waals surface area contributed by atoms with Crippen molar-refractivity contribution in [3.63, 3.8) is 0 Å². The highest BCUT2D eigenvalue weighted by Crippen LogP contribution is 2.29. The van der Waals surface area contributed by atoms with Gasteiger partial charge in [0.05, 0.1) is 6.33 Å². The fourth-order valence-corrected chi connectivity index (χ4v) is 2.02. The van der Waals surface area contributed by atoms with Crippen molar-refractivity contribution in [3.05, 3.63) is 54.1 Å². The molecular formula is C13H16N2. The predicted molar refractivity (Wildman–Crippen MR) is 61.7 cm³/mol. The molecule has 0 spiro atoms. The molecule has 2 nitrogen and oxygen atoms in total. The van der Waals surface area contributed by atoms with E-state index in [-0.39, 0.29) is 0 Å². The summed E-state index contributed by atoms with van der Waals surface area (Å²) in [4.78, 5) is 7.30. The van der Waals surface area contributed by atoms with Crippen molar-refractivity contribution in [2.75, 3.05) is 0 Å². The Kier molecular flexibility index (Phi) is 2.86. The van der Waals surface area contributed by atoms with Crippen LogP contribution in [0.1, 0.15) is 31.0 Å². The number of H-pyrrole nitrogens is 1. The molecule has 15 heavy (non-hydrogen) atoms. The van der Waals surface area contributed by atoms with E-state index < -0.39 is 0 Å². The number of hydrogen-bond acceptors (Lipinski definition) is 1. The molecule has 0 saturated carbocycles. The van der Waals surface area contributed by atoms with E-state index in [9.17, 15) is 0 Å². The molecule has 1 aromatic heterocycles. The predicted octanol–water partition coefficient (Wildman–Crippen LogP) is 3.20. The van der Waals surface area contributed by atoms with E-state index >= 15 is 0 Å². The lowest BCUT2D eigenvalue weighted by molar-refractivity contribution is 0.554. The summed E-state index contributed by atoms with van der Waals surface area (Å²) in [6.07, 6.45) is 3.66. The molecule has 0 fully saturated rings. The minimum Gasteiger partial charge on any atom is -0.348 e. The van der Waals surface area contributed by atoms with Crippen LogP contribution >= 0.6 is 0 Å². The van der Waals surface area contributed by atoms with E-state index in [4.69, 9.17) is 0 Å². The third-order valence-electron chi connectivity index (χ3n) is 2.68. The van der Waals surface area contributed by atoms with E-state index in [0.29, 0.717) is 11.8 Å². The molecule has 2 rings (SSSR count). The first-order valence-electron chi connectivity index (χ1n) is 5.32. The van der Waals surface area contributed by atoms with E-state index in [1.54, 1.807) is 6.33 Å². The summed E-state index contributed by atoms with van der Waals surface area (Å²) < 4.78 is 0. The maximum atomic E-state index is 4.10. The highest BCUT2D eigenvalue weighted by atomic mass is 14.9. The average Bonchev–Trinajstić information content (AvgIpc) is 2.72. The topological polar surface area (TPSA) is 28.7 Å². The van der Waals surface area contributed by atoms with Crippen molar-refractivity contribution in [1.82, 2.24) is 9.97 Å². The summed E-state index contributed by atoms with van der Waals surface area (Å²) >= 11 is 0. The van der Waals surface area contributed by atoms with Crippen LogP contribution in [0.5, 0.6) is 0 Å². The van der Waals surface area contributed by atoms with Gasteiger partial charge in [-0.1, -0.05) is 44.2 Å². The molecule has 0 amide bonds. The van der Waals surface area contributed by atoms with Crippen molar-refractivity contribution in [2.24, 2.45) is 5.92 Å². The number of benzene rings is 1. The van der Waals surface area contributed by atoms with Gasteiger partial charge >= 0.3 is 0 Å². The second-order valence-corrected chi connectivity index (χ2v) is 4.14. The first-order valence-corrected chi connectivity index (χ1v) is 5.32. The number of aromatic nitrogens is 2. The van der Waals surface area contributed by atoms with Gasteiger partial charge in [-0.05, 0) is 11.5 Å². The summed E-state index contributed by atoms with van der Waals surface area (Å²) in [6, 6.07) is 10.6. The molecule has 0 aliphatic carbocycles. The SMILES string of the molecule is CC(C)[C@@H](c1ccccc1)c1cnc[nH]1. The monoisotopic (exact) mass is 200 g/mol. The molecule has 1 aromatic carbocycles. The van der Waals surface area contributed by atoms with Crippen LogP contribution in [0.4, 0.5) is 0 Å². The number of nitrogens with one attached hydrogen (secondary N) is 1. The summed E-state index contributed by atoms with van der Waals surface area (Å²) in [7, 11) is 0. The lowest BCUT2D eigenvalue weighted by Crippen LogP contribution is -2.08. The van der Waals surface area contributed by atoms with Gasteiger partial charge < -0.3 is 4.98 Å². The lowest BCUT2D eigenvalue weighted by atomic mass is 9.86. The molecule has 78 valence electrons. The lowest BCUT2D eigenvalue weighted by Gasteiger charge is -2.19. The Morgan fingerprint density at radius 3 is 2.40 bits per heavy atom. The second-order valence-electron chi connectivity index (χ2n) is 4.14. The zero-order chi connectivity index (χ0) is 10.7. The molecule has 0 saturated heterocycles. The van der Waals surface area contributed by atoms with E-state index in [1.165, 1.54) is 11.3 Å². The maximum Gasteiger partial charge on any atom is 0.0921 e. The first kappa shape index (κ1) is 9.97. The molecule has 2 heteroatoms. The van der Waals surface area contributed by atoms with E-state index in [0.717, 1.165) is 0 Å². The Morgan fingerprint density at radius 1 is 1.13 bits per heavy atom. The zero-order valence-corrected chi connectivity index (χ0v) is 9.14. The maximum absolute atomic E-state index is 4.10. The average molecular weight is 200 g/mol. The number of hydrogen-bond donors (Lipinski definition) is 1. The van der Waals surface area contributed by atoms with Gasteiger partial charge in [0.15, 0.2) is 0 Å². The molecule has 0 unspecified atom stereocenters. The largest absolute Gasteiger partial charge is 0.348 e. The van der Waals surface area contributed by atoms with Crippen LogP contribution in [-0.4, -0.2) is 9.97 Å². The second kappa shape index (κ2) is 4.30. The van der Waals surface area contributed by atoms with Gasteiger partial charge in [0.1, 0.15) is 0 Å². The standard InChI is InChI=1S/C13H16N2/c1-10(2)13(12-8-14-9-15-12)11-6-4-3-5-7-11/h3-10,13H,1-2H3,(H,14,15)/t13-/m0/s1. The van der Waals surface area contributed by atoms with Crippen LogP contribution in [0.2, 0.25) is 0 Å². The third kappa shape index (κ3) is 2.09. The highest BCUT2D eigenvalue weighted by molar-refractivity contribution is 5.27. The molecule has 2 aromatic rings. The smallest absolute Gasteiger partial charge is 0.0921 e.